The lowest BCUT2D eigenvalue weighted by molar-refractivity contribution is 0.102. The maximum absolute atomic E-state index is 12.1. The molecular weight excluding hydrogens is 330 g/mol. The first kappa shape index (κ1) is 13.8. The van der Waals surface area contributed by atoms with Crippen LogP contribution in [0.5, 0.6) is 0 Å². The number of carbonyl (C=O) groups excluding carboxylic acids is 1. The lowest BCUT2D eigenvalue weighted by atomic mass is 10.2. The monoisotopic (exact) mass is 339 g/mol. The molecule has 1 heterocycles. The van der Waals surface area contributed by atoms with E-state index in [9.17, 15) is 4.79 Å². The molecule has 1 aromatic carbocycles. The third-order valence-corrected chi connectivity index (χ3v) is 3.82. The Bertz CT molecular complexity index is 646. The molecule has 0 aliphatic rings. The third-order valence-electron chi connectivity index (χ3n) is 2.53. The Hall–Kier alpha value is -1.59. The summed E-state index contributed by atoms with van der Waals surface area (Å²) in [6.07, 6.45) is 1.49. The first-order valence-electron chi connectivity index (χ1n) is 5.46. The minimum Gasteiger partial charge on any atom is -0.397 e. The zero-order valence-electron chi connectivity index (χ0n) is 10.1. The highest BCUT2D eigenvalue weighted by Crippen LogP contribution is 2.26. The quantitative estimate of drug-likeness (QED) is 0.877. The number of halogens is 2. The predicted octanol–water partition coefficient (Wildman–Crippen LogP) is 3.64. The van der Waals surface area contributed by atoms with E-state index in [1.165, 1.54) is 6.20 Å². The number of nitrogens with one attached hydrogen (secondary N) is 1. The number of aryl methyl sites for hydroxylation is 1. The summed E-state index contributed by atoms with van der Waals surface area (Å²) in [5.41, 5.74) is 7.34. The van der Waals surface area contributed by atoms with Crippen LogP contribution in [0.4, 0.5) is 11.5 Å². The first-order valence-corrected chi connectivity index (χ1v) is 6.63. The van der Waals surface area contributed by atoms with Gasteiger partial charge in [0.25, 0.3) is 5.91 Å². The zero-order valence-corrected chi connectivity index (χ0v) is 12.4. The van der Waals surface area contributed by atoms with Gasteiger partial charge in [-0.1, -0.05) is 17.7 Å². The molecular formula is C13H11BrClN3O. The fraction of sp³-hybridized carbons (Fsp3) is 0.0769. The van der Waals surface area contributed by atoms with Gasteiger partial charge in [0.1, 0.15) is 5.82 Å². The van der Waals surface area contributed by atoms with E-state index in [0.717, 1.165) is 5.56 Å². The van der Waals surface area contributed by atoms with Crippen molar-refractivity contribution in [3.05, 3.63) is 51.1 Å². The number of rotatable bonds is 2. The number of amides is 1. The largest absolute Gasteiger partial charge is 0.397 e. The Balaban J connectivity index is 2.28. The van der Waals surface area contributed by atoms with Gasteiger partial charge in [-0.2, -0.15) is 0 Å². The van der Waals surface area contributed by atoms with Crippen LogP contribution in [0.2, 0.25) is 5.02 Å². The molecule has 1 amide bonds. The van der Waals surface area contributed by atoms with Crippen molar-refractivity contribution in [2.75, 3.05) is 11.1 Å². The molecule has 0 bridgehead atoms. The molecule has 4 nitrogen and oxygen atoms in total. The smallest absolute Gasteiger partial charge is 0.258 e. The van der Waals surface area contributed by atoms with Crippen LogP contribution >= 0.6 is 27.5 Å². The Kier molecular flexibility index (Phi) is 4.07. The van der Waals surface area contributed by atoms with E-state index >= 15 is 0 Å². The molecule has 0 atom stereocenters. The van der Waals surface area contributed by atoms with Crippen LogP contribution in [-0.4, -0.2) is 10.9 Å². The van der Waals surface area contributed by atoms with Gasteiger partial charge in [-0.3, -0.25) is 4.79 Å². The fourth-order valence-electron chi connectivity index (χ4n) is 1.58. The van der Waals surface area contributed by atoms with E-state index in [-0.39, 0.29) is 5.91 Å². The number of benzene rings is 1. The average molecular weight is 341 g/mol. The van der Waals surface area contributed by atoms with E-state index in [4.69, 9.17) is 17.3 Å². The minimum absolute atomic E-state index is 0.313. The van der Waals surface area contributed by atoms with Gasteiger partial charge in [0.2, 0.25) is 0 Å². The molecule has 2 aromatic rings. The van der Waals surface area contributed by atoms with Crippen LogP contribution in [0.25, 0.3) is 0 Å². The maximum atomic E-state index is 12.1. The number of carbonyl (C=O) groups is 1. The molecule has 0 unspecified atom stereocenters. The molecule has 19 heavy (non-hydrogen) atoms. The van der Waals surface area contributed by atoms with Crippen molar-refractivity contribution in [1.82, 2.24) is 4.98 Å². The molecule has 1 aromatic heterocycles. The summed E-state index contributed by atoms with van der Waals surface area (Å²) in [4.78, 5) is 16.2. The van der Waals surface area contributed by atoms with Gasteiger partial charge in [-0.25, -0.2) is 4.98 Å². The van der Waals surface area contributed by atoms with Gasteiger partial charge in [0, 0.05) is 4.47 Å². The second-order valence-electron chi connectivity index (χ2n) is 3.99. The van der Waals surface area contributed by atoms with Crippen LogP contribution in [-0.2, 0) is 0 Å². The summed E-state index contributed by atoms with van der Waals surface area (Å²) in [5.74, 6) is 0.155. The highest BCUT2D eigenvalue weighted by atomic mass is 79.9. The SMILES string of the molecule is Cc1cc(N)cnc1NC(=O)c1cccc(Br)c1Cl. The number of nitrogens with zero attached hydrogens (tertiary/aromatic N) is 1. The summed E-state index contributed by atoms with van der Waals surface area (Å²) in [6, 6.07) is 6.90. The lowest BCUT2D eigenvalue weighted by Crippen LogP contribution is -2.14. The number of nitrogens with two attached hydrogens (primary N) is 1. The van der Waals surface area contributed by atoms with E-state index in [1.54, 1.807) is 24.3 Å². The molecule has 0 spiro atoms. The lowest BCUT2D eigenvalue weighted by Gasteiger charge is -2.09. The number of pyridine rings is 1. The van der Waals surface area contributed by atoms with Gasteiger partial charge in [0.15, 0.2) is 0 Å². The van der Waals surface area contributed by atoms with Crippen molar-refractivity contribution in [1.29, 1.82) is 0 Å². The molecule has 0 fully saturated rings. The predicted molar refractivity (Wildman–Crippen MR) is 80.5 cm³/mol. The first-order chi connectivity index (χ1) is 8.99. The summed E-state index contributed by atoms with van der Waals surface area (Å²) >= 11 is 9.35. The zero-order chi connectivity index (χ0) is 14.0. The second kappa shape index (κ2) is 5.59. The van der Waals surface area contributed by atoms with Crippen LogP contribution in [0.3, 0.4) is 0 Å². The number of hydrogen-bond acceptors (Lipinski definition) is 3. The maximum Gasteiger partial charge on any atom is 0.258 e. The van der Waals surface area contributed by atoms with Crippen LogP contribution in [0.1, 0.15) is 15.9 Å². The average Bonchev–Trinajstić information content (AvgIpc) is 2.36. The Morgan fingerprint density at radius 3 is 2.89 bits per heavy atom. The standard InChI is InChI=1S/C13H11BrClN3O/c1-7-5-8(16)6-17-12(7)18-13(19)9-3-2-4-10(14)11(9)15/h2-6H,16H2,1H3,(H,17,18,19). The summed E-state index contributed by atoms with van der Waals surface area (Å²) in [5, 5.41) is 3.08. The van der Waals surface area contributed by atoms with Gasteiger partial charge < -0.3 is 11.1 Å². The Morgan fingerprint density at radius 1 is 1.47 bits per heavy atom. The molecule has 98 valence electrons. The minimum atomic E-state index is -0.313. The van der Waals surface area contributed by atoms with Gasteiger partial charge in [-0.15, -0.1) is 0 Å². The molecule has 0 radical (unpaired) electrons. The highest BCUT2D eigenvalue weighted by Gasteiger charge is 2.13. The Labute approximate surface area is 124 Å². The van der Waals surface area contributed by atoms with Gasteiger partial charge in [-0.05, 0) is 46.6 Å². The number of hydrogen-bond donors (Lipinski definition) is 2. The summed E-state index contributed by atoms with van der Waals surface area (Å²) < 4.78 is 0.670. The fourth-order valence-corrected chi connectivity index (χ4v) is 2.16. The van der Waals surface area contributed by atoms with Crippen molar-refractivity contribution in [3.63, 3.8) is 0 Å². The number of nitrogen functional groups attached to an aromatic ring is 1. The molecule has 0 aliphatic carbocycles. The van der Waals surface area contributed by atoms with Crippen molar-refractivity contribution in [2.24, 2.45) is 0 Å². The van der Waals surface area contributed by atoms with Crippen molar-refractivity contribution < 1.29 is 4.79 Å². The Morgan fingerprint density at radius 2 is 2.21 bits per heavy atom. The topological polar surface area (TPSA) is 68.0 Å². The van der Waals surface area contributed by atoms with Gasteiger partial charge in [0.05, 0.1) is 22.5 Å². The molecule has 0 saturated carbocycles. The molecule has 6 heteroatoms. The van der Waals surface area contributed by atoms with E-state index < -0.39 is 0 Å². The van der Waals surface area contributed by atoms with E-state index in [0.29, 0.717) is 26.6 Å². The van der Waals surface area contributed by atoms with Crippen LogP contribution in [0.15, 0.2) is 34.9 Å². The summed E-state index contributed by atoms with van der Waals surface area (Å²) in [6.45, 7) is 1.82. The van der Waals surface area contributed by atoms with Crippen LogP contribution in [0, 0.1) is 6.92 Å². The summed E-state index contributed by atoms with van der Waals surface area (Å²) in [7, 11) is 0. The van der Waals surface area contributed by atoms with E-state index in [2.05, 4.69) is 26.2 Å². The third kappa shape index (κ3) is 3.05. The number of aromatic nitrogens is 1. The van der Waals surface area contributed by atoms with Crippen LogP contribution < -0.4 is 11.1 Å². The molecule has 0 saturated heterocycles. The number of anilines is 2. The van der Waals surface area contributed by atoms with Crippen molar-refractivity contribution in [2.45, 2.75) is 6.92 Å². The second-order valence-corrected chi connectivity index (χ2v) is 5.22. The molecule has 2 rings (SSSR count). The van der Waals surface area contributed by atoms with E-state index in [1.807, 2.05) is 6.92 Å². The normalized spacial score (nSPS) is 10.3. The molecule has 0 aliphatic heterocycles. The van der Waals surface area contributed by atoms with Crippen molar-refractivity contribution >= 4 is 44.9 Å². The molecule has 3 N–H and O–H groups in total. The highest BCUT2D eigenvalue weighted by molar-refractivity contribution is 9.10. The van der Waals surface area contributed by atoms with Crippen molar-refractivity contribution in [3.8, 4) is 0 Å². The van der Waals surface area contributed by atoms with Gasteiger partial charge >= 0.3 is 0 Å².